The highest BCUT2D eigenvalue weighted by Gasteiger charge is 2.19. The molecule has 0 bridgehead atoms. The molecule has 0 aliphatic carbocycles. The van der Waals surface area contributed by atoms with Crippen LogP contribution >= 0.6 is 12.6 Å². The van der Waals surface area contributed by atoms with Crippen LogP contribution in [0.15, 0.2) is 108 Å². The van der Waals surface area contributed by atoms with E-state index in [0.29, 0.717) is 27.1 Å². The SMILES string of the molecule is C=C(C)C(=O)Oc1ccc(-c2ccc(-c3ccc(OC(=O)C(=C)C)c(OC(=O)C(=C)C)c3)c(S)c2)cc1OC(=O)C(=C)C. The molecule has 0 heterocycles. The van der Waals surface area contributed by atoms with Gasteiger partial charge in [-0.05, 0) is 80.3 Å². The van der Waals surface area contributed by atoms with Gasteiger partial charge in [0.05, 0.1) is 0 Å². The molecule has 0 aliphatic heterocycles. The topological polar surface area (TPSA) is 105 Å². The zero-order valence-electron chi connectivity index (χ0n) is 24.2. The Hall–Kier alpha value is -5.15. The lowest BCUT2D eigenvalue weighted by Crippen LogP contribution is -2.13. The van der Waals surface area contributed by atoms with Crippen LogP contribution < -0.4 is 18.9 Å². The average Bonchev–Trinajstić information content (AvgIpc) is 2.94. The third-order valence-corrected chi connectivity index (χ3v) is 6.10. The molecule has 9 heteroatoms. The largest absolute Gasteiger partial charge is 0.419 e. The van der Waals surface area contributed by atoms with E-state index in [2.05, 4.69) is 38.9 Å². The van der Waals surface area contributed by atoms with Crippen LogP contribution in [0.1, 0.15) is 27.7 Å². The van der Waals surface area contributed by atoms with Gasteiger partial charge in [0.15, 0.2) is 23.0 Å². The van der Waals surface area contributed by atoms with Crippen molar-refractivity contribution in [2.24, 2.45) is 0 Å². The first-order chi connectivity index (χ1) is 20.2. The van der Waals surface area contributed by atoms with Gasteiger partial charge in [-0.1, -0.05) is 50.6 Å². The summed E-state index contributed by atoms with van der Waals surface area (Å²) in [4.78, 5) is 49.4. The van der Waals surface area contributed by atoms with Crippen LogP contribution in [0.3, 0.4) is 0 Å². The molecule has 0 N–H and O–H groups in total. The molecule has 3 aromatic rings. The Bertz CT molecular complexity index is 1710. The molecular weight excluding hydrogens is 568 g/mol. The molecule has 3 aromatic carbocycles. The van der Waals surface area contributed by atoms with E-state index < -0.39 is 23.9 Å². The number of thiol groups is 1. The highest BCUT2D eigenvalue weighted by atomic mass is 32.1. The Balaban J connectivity index is 2.03. The zero-order chi connectivity index (χ0) is 32.0. The lowest BCUT2D eigenvalue weighted by atomic mass is 9.99. The standard InChI is InChI=1S/C34H30O8S/c1-18(2)31(35)39-26-13-10-22(15-28(26)41-33(37)20(5)6)23-9-12-25(30(43)17-23)24-11-14-27(40-32(36)19(3)4)29(16-24)42-34(38)21(7)8/h9-17,43H,1,3,5,7H2,2,4,6,8H3. The van der Waals surface area contributed by atoms with Gasteiger partial charge in [-0.25, -0.2) is 19.2 Å². The highest BCUT2D eigenvalue weighted by molar-refractivity contribution is 7.80. The first-order valence-corrected chi connectivity index (χ1v) is 13.2. The van der Waals surface area contributed by atoms with Crippen molar-refractivity contribution >= 4 is 36.5 Å². The van der Waals surface area contributed by atoms with Gasteiger partial charge in [-0.3, -0.25) is 0 Å². The maximum absolute atomic E-state index is 12.3. The van der Waals surface area contributed by atoms with Crippen molar-refractivity contribution in [3.63, 3.8) is 0 Å². The predicted octanol–water partition coefficient (Wildman–Crippen LogP) is 7.24. The predicted molar refractivity (Wildman–Crippen MR) is 166 cm³/mol. The molecule has 0 saturated heterocycles. The number of benzene rings is 3. The second-order valence-electron chi connectivity index (χ2n) is 9.73. The fourth-order valence-corrected chi connectivity index (χ4v) is 3.74. The Morgan fingerprint density at radius 3 is 1.21 bits per heavy atom. The molecule has 8 nitrogen and oxygen atoms in total. The number of esters is 4. The molecule has 0 aliphatic rings. The van der Waals surface area contributed by atoms with Gasteiger partial charge < -0.3 is 18.9 Å². The van der Waals surface area contributed by atoms with Gasteiger partial charge >= 0.3 is 23.9 Å². The first-order valence-electron chi connectivity index (χ1n) is 12.8. The van der Waals surface area contributed by atoms with Gasteiger partial charge in [0.2, 0.25) is 0 Å². The third kappa shape index (κ3) is 8.21. The second kappa shape index (κ2) is 13.7. The maximum atomic E-state index is 12.3. The summed E-state index contributed by atoms with van der Waals surface area (Å²) >= 11 is 4.68. The van der Waals surface area contributed by atoms with E-state index in [1.54, 1.807) is 36.4 Å². The van der Waals surface area contributed by atoms with Crippen LogP contribution in [0.5, 0.6) is 23.0 Å². The van der Waals surface area contributed by atoms with Crippen molar-refractivity contribution in [3.8, 4) is 45.3 Å². The van der Waals surface area contributed by atoms with E-state index >= 15 is 0 Å². The van der Waals surface area contributed by atoms with Crippen molar-refractivity contribution in [1.29, 1.82) is 0 Å². The summed E-state index contributed by atoms with van der Waals surface area (Å²) < 4.78 is 21.6. The van der Waals surface area contributed by atoms with Gasteiger partial charge in [0.1, 0.15) is 0 Å². The van der Waals surface area contributed by atoms with Crippen LogP contribution in [0, 0.1) is 0 Å². The zero-order valence-corrected chi connectivity index (χ0v) is 25.1. The molecule has 0 spiro atoms. The molecular formula is C34H30O8S. The Labute approximate surface area is 255 Å². The lowest BCUT2D eigenvalue weighted by molar-refractivity contribution is -0.132. The van der Waals surface area contributed by atoms with Crippen molar-refractivity contribution in [1.82, 2.24) is 0 Å². The maximum Gasteiger partial charge on any atom is 0.338 e. The second-order valence-corrected chi connectivity index (χ2v) is 10.2. The summed E-state index contributed by atoms with van der Waals surface area (Å²) in [7, 11) is 0. The van der Waals surface area contributed by atoms with E-state index in [4.69, 9.17) is 18.9 Å². The third-order valence-electron chi connectivity index (χ3n) is 5.73. The minimum absolute atomic E-state index is 0.0146. The fraction of sp³-hybridized carbons (Fsp3) is 0.118. The first kappa shape index (κ1) is 32.4. The summed E-state index contributed by atoms with van der Waals surface area (Å²) in [5.41, 5.74) is 3.33. The number of carbonyl (C=O) groups is 4. The van der Waals surface area contributed by atoms with E-state index in [9.17, 15) is 19.2 Å². The smallest absolute Gasteiger partial charge is 0.338 e. The van der Waals surface area contributed by atoms with Gasteiger partial charge in [0.25, 0.3) is 0 Å². The molecule has 220 valence electrons. The molecule has 0 saturated carbocycles. The van der Waals surface area contributed by atoms with Crippen molar-refractivity contribution in [2.45, 2.75) is 32.6 Å². The summed E-state index contributed by atoms with van der Waals surface area (Å²) in [6.45, 7) is 20.3. The van der Waals surface area contributed by atoms with Crippen LogP contribution in [0.2, 0.25) is 0 Å². The molecule has 0 unspecified atom stereocenters. The summed E-state index contributed by atoms with van der Waals surface area (Å²) in [6.07, 6.45) is 0. The van der Waals surface area contributed by atoms with Gasteiger partial charge in [-0.15, -0.1) is 12.6 Å². The Morgan fingerprint density at radius 1 is 0.488 bits per heavy atom. The van der Waals surface area contributed by atoms with Crippen LogP contribution in [-0.2, 0) is 19.2 Å². The van der Waals surface area contributed by atoms with Crippen LogP contribution in [-0.4, -0.2) is 23.9 Å². The number of hydrogen-bond donors (Lipinski definition) is 1. The normalized spacial score (nSPS) is 10.3. The number of ether oxygens (including phenoxy) is 4. The number of carbonyl (C=O) groups excluding carboxylic acids is 4. The molecule has 0 atom stereocenters. The van der Waals surface area contributed by atoms with E-state index in [-0.39, 0.29) is 45.3 Å². The van der Waals surface area contributed by atoms with E-state index in [1.807, 2.05) is 6.07 Å². The number of rotatable bonds is 10. The molecule has 0 aromatic heterocycles. The van der Waals surface area contributed by atoms with E-state index in [0.717, 1.165) is 0 Å². The van der Waals surface area contributed by atoms with Crippen LogP contribution in [0.4, 0.5) is 0 Å². The minimum Gasteiger partial charge on any atom is -0.419 e. The molecule has 3 rings (SSSR count). The highest BCUT2D eigenvalue weighted by Crippen LogP contribution is 2.39. The van der Waals surface area contributed by atoms with Gasteiger partial charge in [-0.2, -0.15) is 0 Å². The van der Waals surface area contributed by atoms with Crippen LogP contribution in [0.25, 0.3) is 22.3 Å². The average molecular weight is 599 g/mol. The minimum atomic E-state index is -0.688. The molecule has 0 amide bonds. The number of hydrogen-bond acceptors (Lipinski definition) is 9. The molecule has 43 heavy (non-hydrogen) atoms. The Kier molecular flexibility index (Phi) is 10.3. The fourth-order valence-electron chi connectivity index (χ4n) is 3.39. The van der Waals surface area contributed by atoms with Crippen molar-refractivity contribution in [3.05, 3.63) is 103 Å². The van der Waals surface area contributed by atoms with Crippen molar-refractivity contribution in [2.75, 3.05) is 0 Å². The monoisotopic (exact) mass is 598 g/mol. The summed E-state index contributed by atoms with van der Waals surface area (Å²) in [6, 6.07) is 14.9. The molecule has 0 radical (unpaired) electrons. The van der Waals surface area contributed by atoms with Crippen molar-refractivity contribution < 1.29 is 38.1 Å². The van der Waals surface area contributed by atoms with Gasteiger partial charge in [0, 0.05) is 27.2 Å². The summed E-state index contributed by atoms with van der Waals surface area (Å²) in [5.74, 6) is -2.60. The molecule has 0 fully saturated rings. The summed E-state index contributed by atoms with van der Waals surface area (Å²) in [5, 5.41) is 0. The quantitative estimate of drug-likeness (QED) is 0.113. The Morgan fingerprint density at radius 2 is 0.814 bits per heavy atom. The lowest BCUT2D eigenvalue weighted by Gasteiger charge is -2.15. The van der Waals surface area contributed by atoms with E-state index in [1.165, 1.54) is 39.8 Å².